The number of carbonyl (C=O) groups is 2. The van der Waals surface area contributed by atoms with Gasteiger partial charge in [0.15, 0.2) is 11.6 Å². The zero-order chi connectivity index (χ0) is 21.9. The Kier molecular flexibility index (Phi) is 5.51. The van der Waals surface area contributed by atoms with Crippen molar-refractivity contribution in [2.24, 2.45) is 28.6 Å². The van der Waals surface area contributed by atoms with Crippen molar-refractivity contribution in [2.75, 3.05) is 19.8 Å². The van der Waals surface area contributed by atoms with E-state index in [2.05, 4.69) is 6.92 Å². The average Bonchev–Trinajstić information content (AvgIpc) is 2.97. The van der Waals surface area contributed by atoms with Crippen molar-refractivity contribution < 1.29 is 34.8 Å². The maximum atomic E-state index is 12.5. The lowest BCUT2D eigenvalue weighted by Gasteiger charge is -2.61. The predicted octanol–water partition coefficient (Wildman–Crippen LogP) is 0.769. The molecule has 4 N–H and O–H groups in total. The van der Waals surface area contributed by atoms with E-state index in [9.17, 15) is 30.0 Å². The Balaban J connectivity index is 1.74. The molecule has 0 saturated heterocycles. The molecule has 30 heavy (non-hydrogen) atoms. The highest BCUT2D eigenvalue weighted by molar-refractivity contribution is 5.92. The molecule has 0 bridgehead atoms. The predicted molar refractivity (Wildman–Crippen MR) is 107 cm³/mol. The first-order valence-electron chi connectivity index (χ1n) is 11.1. The molecule has 8 atom stereocenters. The number of fused-ring (bicyclic) bond motifs is 5. The molecule has 0 aromatic carbocycles. The van der Waals surface area contributed by atoms with Crippen LogP contribution in [-0.2, 0) is 14.3 Å². The molecule has 0 spiro atoms. The van der Waals surface area contributed by atoms with Gasteiger partial charge in [-0.1, -0.05) is 19.4 Å². The van der Waals surface area contributed by atoms with E-state index in [1.54, 1.807) is 6.08 Å². The Morgan fingerprint density at radius 1 is 1.27 bits per heavy atom. The molecule has 0 heterocycles. The summed E-state index contributed by atoms with van der Waals surface area (Å²) < 4.78 is 5.95. The Bertz CT molecular complexity index is 763. The fraction of sp³-hybridized carbons (Fsp3) is 0.826. The van der Waals surface area contributed by atoms with Crippen LogP contribution in [0, 0.1) is 28.6 Å². The largest absolute Gasteiger partial charge is 0.394 e. The molecule has 3 fully saturated rings. The highest BCUT2D eigenvalue weighted by atomic mass is 16.5. The van der Waals surface area contributed by atoms with Crippen LogP contribution in [0.2, 0.25) is 0 Å². The molecule has 4 rings (SSSR count). The van der Waals surface area contributed by atoms with Gasteiger partial charge in [-0.25, -0.2) is 0 Å². The lowest BCUT2D eigenvalue weighted by Crippen LogP contribution is -2.64. The smallest absolute Gasteiger partial charge is 0.190 e. The number of ether oxygens (including phenoxy) is 1. The van der Waals surface area contributed by atoms with Crippen LogP contribution >= 0.6 is 0 Å². The first-order valence-corrected chi connectivity index (χ1v) is 11.1. The second-order valence-electron chi connectivity index (χ2n) is 10.2. The van der Waals surface area contributed by atoms with Gasteiger partial charge < -0.3 is 25.2 Å². The SMILES string of the molecule is C[C@]12C[C@H](O)[C@H]3[C@@H](CCC4=CC(=O)CC(OCCO)[C@@]43C)[C@@H]1CC[C@]2(O)C(=O)CO. The van der Waals surface area contributed by atoms with E-state index in [1.807, 2.05) is 6.92 Å². The Morgan fingerprint density at radius 3 is 2.67 bits per heavy atom. The number of rotatable bonds is 5. The van der Waals surface area contributed by atoms with Crippen LogP contribution in [0.15, 0.2) is 11.6 Å². The van der Waals surface area contributed by atoms with Crippen molar-refractivity contribution in [3.63, 3.8) is 0 Å². The van der Waals surface area contributed by atoms with Gasteiger partial charge in [0.05, 0.1) is 25.4 Å². The molecule has 4 aliphatic carbocycles. The van der Waals surface area contributed by atoms with E-state index < -0.39 is 41.0 Å². The molecule has 0 radical (unpaired) electrons. The molecular weight excluding hydrogens is 388 g/mol. The summed E-state index contributed by atoms with van der Waals surface area (Å²) in [5.74, 6) is -0.578. The van der Waals surface area contributed by atoms with Gasteiger partial charge in [0.2, 0.25) is 0 Å². The van der Waals surface area contributed by atoms with E-state index in [0.717, 1.165) is 12.0 Å². The van der Waals surface area contributed by atoms with Crippen LogP contribution in [-0.4, -0.2) is 69.6 Å². The molecular formula is C23H34O7. The van der Waals surface area contributed by atoms with Crippen LogP contribution in [0.5, 0.6) is 0 Å². The van der Waals surface area contributed by atoms with Crippen LogP contribution in [0.4, 0.5) is 0 Å². The average molecular weight is 423 g/mol. The lowest BCUT2D eigenvalue weighted by atomic mass is 9.44. The summed E-state index contributed by atoms with van der Waals surface area (Å²) in [7, 11) is 0. The van der Waals surface area contributed by atoms with E-state index in [0.29, 0.717) is 19.3 Å². The normalized spacial score (nSPS) is 47.9. The number of hydrogen-bond donors (Lipinski definition) is 4. The number of aliphatic hydroxyl groups excluding tert-OH is 3. The molecule has 7 heteroatoms. The summed E-state index contributed by atoms with van der Waals surface area (Å²) in [4.78, 5) is 24.8. The topological polar surface area (TPSA) is 124 Å². The number of ketones is 2. The third-order valence-electron chi connectivity index (χ3n) is 9.14. The summed E-state index contributed by atoms with van der Waals surface area (Å²) >= 11 is 0. The van der Waals surface area contributed by atoms with Crippen molar-refractivity contribution in [3.05, 3.63) is 11.6 Å². The monoisotopic (exact) mass is 422 g/mol. The zero-order valence-corrected chi connectivity index (χ0v) is 17.8. The third kappa shape index (κ3) is 2.82. The maximum Gasteiger partial charge on any atom is 0.190 e. The number of hydrogen-bond acceptors (Lipinski definition) is 7. The Morgan fingerprint density at radius 2 is 2.00 bits per heavy atom. The Hall–Kier alpha value is -1.12. The van der Waals surface area contributed by atoms with Crippen molar-refractivity contribution >= 4 is 11.6 Å². The second kappa shape index (κ2) is 7.48. The third-order valence-corrected chi connectivity index (χ3v) is 9.14. The molecule has 1 unspecified atom stereocenters. The van der Waals surface area contributed by atoms with Crippen LogP contribution in [0.3, 0.4) is 0 Å². The maximum absolute atomic E-state index is 12.5. The molecule has 0 aromatic rings. The first-order chi connectivity index (χ1) is 14.1. The molecule has 3 saturated carbocycles. The van der Waals surface area contributed by atoms with Crippen LogP contribution in [0.1, 0.15) is 52.4 Å². The molecule has 0 amide bonds. The van der Waals surface area contributed by atoms with E-state index in [4.69, 9.17) is 4.74 Å². The minimum absolute atomic E-state index is 0.0165. The van der Waals surface area contributed by atoms with Gasteiger partial charge in [-0.2, -0.15) is 0 Å². The molecule has 7 nitrogen and oxygen atoms in total. The fourth-order valence-electron chi connectivity index (χ4n) is 7.72. The van der Waals surface area contributed by atoms with Crippen molar-refractivity contribution in [3.8, 4) is 0 Å². The summed E-state index contributed by atoms with van der Waals surface area (Å²) in [6, 6.07) is 0. The summed E-state index contributed by atoms with van der Waals surface area (Å²) in [6.45, 7) is 3.26. The van der Waals surface area contributed by atoms with Gasteiger partial charge in [0.25, 0.3) is 0 Å². The quantitative estimate of drug-likeness (QED) is 0.516. The van der Waals surface area contributed by atoms with E-state index in [-0.39, 0.29) is 49.6 Å². The summed E-state index contributed by atoms with van der Waals surface area (Å²) in [6.07, 6.45) is 3.50. The van der Waals surface area contributed by atoms with Gasteiger partial charge in [-0.05, 0) is 55.9 Å². The van der Waals surface area contributed by atoms with E-state index in [1.165, 1.54) is 0 Å². The minimum Gasteiger partial charge on any atom is -0.394 e. The lowest BCUT2D eigenvalue weighted by molar-refractivity contribution is -0.195. The zero-order valence-electron chi connectivity index (χ0n) is 17.8. The molecule has 0 aromatic heterocycles. The number of Topliss-reactive ketones (excluding diaryl/α,β-unsaturated/α-hetero) is 1. The van der Waals surface area contributed by atoms with E-state index >= 15 is 0 Å². The minimum atomic E-state index is -1.62. The highest BCUT2D eigenvalue weighted by Crippen LogP contribution is 2.67. The first kappa shape index (κ1) is 22.1. The van der Waals surface area contributed by atoms with Gasteiger partial charge in [0.1, 0.15) is 12.2 Å². The van der Waals surface area contributed by atoms with Gasteiger partial charge in [-0.3, -0.25) is 9.59 Å². The van der Waals surface area contributed by atoms with Gasteiger partial charge in [-0.15, -0.1) is 0 Å². The van der Waals surface area contributed by atoms with Crippen LogP contribution in [0.25, 0.3) is 0 Å². The summed E-state index contributed by atoms with van der Waals surface area (Å²) in [5, 5.41) is 41.4. The van der Waals surface area contributed by atoms with Crippen LogP contribution < -0.4 is 0 Å². The fourth-order valence-corrected chi connectivity index (χ4v) is 7.72. The number of aliphatic hydroxyl groups is 4. The molecule has 168 valence electrons. The van der Waals surface area contributed by atoms with Crippen molar-refractivity contribution in [1.29, 1.82) is 0 Å². The van der Waals surface area contributed by atoms with Crippen molar-refractivity contribution in [1.82, 2.24) is 0 Å². The van der Waals surface area contributed by atoms with Gasteiger partial charge in [0, 0.05) is 17.3 Å². The number of carbonyl (C=O) groups excluding carboxylic acids is 2. The Labute approximate surface area is 177 Å². The summed E-state index contributed by atoms with van der Waals surface area (Å²) in [5.41, 5.74) is -1.94. The standard InChI is InChI=1S/C23H34O7/c1-21-11-17(27)20-15(16(21)5-6-23(21,29)18(28)12-25)4-3-13-9-14(26)10-19(22(13,20)2)30-8-7-24/h9,15-17,19-20,24-25,27,29H,3-8,10-12H2,1-2H3/t15-,16-,17-,19?,20+,21-,22+,23-/m0/s1. The highest BCUT2D eigenvalue weighted by Gasteiger charge is 2.69. The molecule has 4 aliphatic rings. The second-order valence-corrected chi connectivity index (χ2v) is 10.2. The van der Waals surface area contributed by atoms with Crippen molar-refractivity contribution in [2.45, 2.75) is 70.2 Å². The van der Waals surface area contributed by atoms with Gasteiger partial charge >= 0.3 is 0 Å². The molecule has 0 aliphatic heterocycles.